The molecule has 1 saturated heterocycles. The third kappa shape index (κ3) is 4.09. The molecule has 0 atom stereocenters. The van der Waals surface area contributed by atoms with Gasteiger partial charge in [0, 0.05) is 49.7 Å². The van der Waals surface area contributed by atoms with Gasteiger partial charge in [0.2, 0.25) is 5.91 Å². The third-order valence-corrected chi connectivity index (χ3v) is 5.59. The molecule has 4 rings (SSSR count). The first-order valence-corrected chi connectivity index (χ1v) is 10.4. The molecule has 2 aromatic carbocycles. The maximum Gasteiger partial charge on any atom is 0.258 e. The van der Waals surface area contributed by atoms with E-state index in [9.17, 15) is 14.4 Å². The molecule has 1 aliphatic rings. The van der Waals surface area contributed by atoms with Crippen LogP contribution < -0.4 is 20.5 Å². The van der Waals surface area contributed by atoms with Crippen molar-refractivity contribution in [2.45, 2.75) is 19.4 Å². The fraction of sp³-hybridized carbons (Fsp3) is 0.292. The number of nitrogens with zero attached hydrogens (tertiary/aromatic N) is 2. The Kier molecular flexibility index (Phi) is 6.23. The molecular formula is C24H25N3O5. The van der Waals surface area contributed by atoms with Crippen LogP contribution >= 0.6 is 0 Å². The summed E-state index contributed by atoms with van der Waals surface area (Å²) in [6.45, 7) is 1.27. The van der Waals surface area contributed by atoms with Gasteiger partial charge in [0.25, 0.3) is 11.5 Å². The number of nitrogens with one attached hydrogen (secondary N) is 1. The Hall–Kier alpha value is -3.65. The first-order chi connectivity index (χ1) is 15.5. The number of amides is 2. The summed E-state index contributed by atoms with van der Waals surface area (Å²) in [4.78, 5) is 40.2. The number of carbonyl (C=O) groups excluding carboxylic acids is 2. The minimum absolute atomic E-state index is 0.0178. The highest BCUT2D eigenvalue weighted by Gasteiger charge is 2.25. The van der Waals surface area contributed by atoms with Crippen LogP contribution in [0.4, 0.5) is 11.4 Å². The Morgan fingerprint density at radius 2 is 1.88 bits per heavy atom. The van der Waals surface area contributed by atoms with E-state index in [0.29, 0.717) is 59.6 Å². The minimum Gasteiger partial charge on any atom is -0.497 e. The third-order valence-electron chi connectivity index (χ3n) is 5.59. The van der Waals surface area contributed by atoms with Crippen LogP contribution in [-0.2, 0) is 16.1 Å². The second-order valence-electron chi connectivity index (χ2n) is 7.57. The van der Waals surface area contributed by atoms with Gasteiger partial charge in [0.1, 0.15) is 5.75 Å². The molecule has 1 N–H and O–H groups in total. The van der Waals surface area contributed by atoms with Gasteiger partial charge >= 0.3 is 0 Å². The largest absolute Gasteiger partial charge is 0.497 e. The number of methoxy groups -OCH3 is 2. The lowest BCUT2D eigenvalue weighted by Gasteiger charge is -2.21. The Morgan fingerprint density at radius 3 is 2.56 bits per heavy atom. The van der Waals surface area contributed by atoms with E-state index in [0.717, 1.165) is 6.42 Å². The molecule has 1 fully saturated rings. The van der Waals surface area contributed by atoms with Gasteiger partial charge in [-0.25, -0.2) is 0 Å². The predicted octanol–water partition coefficient (Wildman–Crippen LogP) is 3.04. The van der Waals surface area contributed by atoms with Crippen molar-refractivity contribution < 1.29 is 19.1 Å². The van der Waals surface area contributed by atoms with Gasteiger partial charge < -0.3 is 24.3 Å². The van der Waals surface area contributed by atoms with Gasteiger partial charge in [-0.05, 0) is 24.6 Å². The van der Waals surface area contributed by atoms with E-state index in [2.05, 4.69) is 5.32 Å². The molecule has 32 heavy (non-hydrogen) atoms. The standard InChI is InChI=1S/C24H25N3O5/c1-31-13-12-26-15-19(17-6-3-4-7-18(17)24(26)30)23(29)25-20-14-16(32-2)9-10-21(20)27-11-5-8-22(27)28/h3-4,6-7,9-10,14-15H,5,8,11-13H2,1-2H3,(H,25,29). The zero-order valence-electron chi connectivity index (χ0n) is 18.1. The quantitative estimate of drug-likeness (QED) is 0.616. The average Bonchev–Trinajstić information content (AvgIpc) is 3.24. The monoisotopic (exact) mass is 435 g/mol. The normalized spacial score (nSPS) is 13.6. The lowest BCUT2D eigenvalue weighted by molar-refractivity contribution is -0.117. The first kappa shape index (κ1) is 21.6. The highest BCUT2D eigenvalue weighted by atomic mass is 16.5. The highest BCUT2D eigenvalue weighted by molar-refractivity contribution is 6.14. The number of pyridine rings is 1. The van der Waals surface area contributed by atoms with E-state index in [4.69, 9.17) is 9.47 Å². The molecule has 1 aliphatic heterocycles. The van der Waals surface area contributed by atoms with Gasteiger partial charge in [-0.2, -0.15) is 0 Å². The lowest BCUT2D eigenvalue weighted by Crippen LogP contribution is -2.27. The predicted molar refractivity (Wildman–Crippen MR) is 123 cm³/mol. The molecule has 0 unspecified atom stereocenters. The van der Waals surface area contributed by atoms with Crippen molar-refractivity contribution in [3.63, 3.8) is 0 Å². The number of anilines is 2. The van der Waals surface area contributed by atoms with Crippen LogP contribution in [0.25, 0.3) is 10.8 Å². The molecule has 8 heteroatoms. The zero-order valence-corrected chi connectivity index (χ0v) is 18.1. The smallest absolute Gasteiger partial charge is 0.258 e. The average molecular weight is 435 g/mol. The van der Waals surface area contributed by atoms with Crippen LogP contribution in [0.1, 0.15) is 23.2 Å². The summed E-state index contributed by atoms with van der Waals surface area (Å²) >= 11 is 0. The molecule has 0 saturated carbocycles. The van der Waals surface area contributed by atoms with Crippen molar-refractivity contribution in [1.82, 2.24) is 4.57 Å². The molecule has 2 amide bonds. The molecule has 1 aromatic heterocycles. The van der Waals surface area contributed by atoms with E-state index in [1.807, 2.05) is 0 Å². The Labute approximate surface area is 185 Å². The molecule has 8 nitrogen and oxygen atoms in total. The molecule has 0 bridgehead atoms. The maximum absolute atomic E-state index is 13.4. The van der Waals surface area contributed by atoms with Crippen LogP contribution in [-0.4, -0.2) is 43.8 Å². The summed E-state index contributed by atoms with van der Waals surface area (Å²) < 4.78 is 11.9. The van der Waals surface area contributed by atoms with Crippen LogP contribution in [0.15, 0.2) is 53.5 Å². The SMILES string of the molecule is COCCn1cc(C(=O)Nc2cc(OC)ccc2N2CCCC2=O)c2ccccc2c1=O. The van der Waals surface area contributed by atoms with Crippen LogP contribution in [0.2, 0.25) is 0 Å². The summed E-state index contributed by atoms with van der Waals surface area (Å²) in [5.41, 5.74) is 1.28. The number of ether oxygens (including phenoxy) is 2. The topological polar surface area (TPSA) is 89.9 Å². The summed E-state index contributed by atoms with van der Waals surface area (Å²) in [6, 6.07) is 12.2. The van der Waals surface area contributed by atoms with E-state index in [-0.39, 0.29) is 17.4 Å². The van der Waals surface area contributed by atoms with Crippen molar-refractivity contribution in [2.24, 2.45) is 0 Å². The van der Waals surface area contributed by atoms with E-state index in [1.165, 1.54) is 4.57 Å². The first-order valence-electron chi connectivity index (χ1n) is 10.4. The van der Waals surface area contributed by atoms with Crippen molar-refractivity contribution in [3.05, 3.63) is 64.6 Å². The summed E-state index contributed by atoms with van der Waals surface area (Å²) in [5.74, 6) is 0.198. The fourth-order valence-electron chi connectivity index (χ4n) is 3.95. The summed E-state index contributed by atoms with van der Waals surface area (Å²) in [7, 11) is 3.10. The molecule has 166 valence electrons. The second-order valence-corrected chi connectivity index (χ2v) is 7.57. The molecule has 0 spiro atoms. The van der Waals surface area contributed by atoms with Gasteiger partial charge in [-0.3, -0.25) is 14.4 Å². The molecule has 2 heterocycles. The Balaban J connectivity index is 1.77. The minimum atomic E-state index is -0.381. The van der Waals surface area contributed by atoms with Gasteiger partial charge in [-0.15, -0.1) is 0 Å². The van der Waals surface area contributed by atoms with Gasteiger partial charge in [0.05, 0.1) is 30.7 Å². The zero-order chi connectivity index (χ0) is 22.7. The van der Waals surface area contributed by atoms with Gasteiger partial charge in [-0.1, -0.05) is 18.2 Å². The number of hydrogen-bond donors (Lipinski definition) is 1. The number of aromatic nitrogens is 1. The van der Waals surface area contributed by atoms with Crippen LogP contribution in [0, 0.1) is 0 Å². The maximum atomic E-state index is 13.4. The van der Waals surface area contributed by atoms with Crippen molar-refractivity contribution in [1.29, 1.82) is 0 Å². The molecule has 3 aromatic rings. The van der Waals surface area contributed by atoms with Crippen molar-refractivity contribution in [3.8, 4) is 5.75 Å². The number of carbonyl (C=O) groups is 2. The summed E-state index contributed by atoms with van der Waals surface area (Å²) in [6.07, 6.45) is 2.81. The highest BCUT2D eigenvalue weighted by Crippen LogP contribution is 2.33. The van der Waals surface area contributed by atoms with E-state index >= 15 is 0 Å². The van der Waals surface area contributed by atoms with Crippen molar-refractivity contribution in [2.75, 3.05) is 37.6 Å². The Bertz CT molecular complexity index is 1230. The number of rotatable bonds is 7. The lowest BCUT2D eigenvalue weighted by atomic mass is 10.1. The second kappa shape index (κ2) is 9.23. The fourth-order valence-corrected chi connectivity index (χ4v) is 3.95. The van der Waals surface area contributed by atoms with Crippen molar-refractivity contribution >= 4 is 34.0 Å². The number of hydrogen-bond acceptors (Lipinski definition) is 5. The van der Waals surface area contributed by atoms with Gasteiger partial charge in [0.15, 0.2) is 0 Å². The molecular weight excluding hydrogens is 410 g/mol. The number of fused-ring (bicyclic) bond motifs is 1. The summed E-state index contributed by atoms with van der Waals surface area (Å²) in [5, 5.41) is 3.95. The van der Waals surface area contributed by atoms with Crippen LogP contribution in [0.5, 0.6) is 5.75 Å². The Morgan fingerprint density at radius 1 is 1.09 bits per heavy atom. The van der Waals surface area contributed by atoms with Crippen LogP contribution in [0.3, 0.4) is 0 Å². The van der Waals surface area contributed by atoms with E-state index in [1.54, 1.807) is 67.8 Å². The molecule has 0 radical (unpaired) electrons. The molecule has 0 aliphatic carbocycles. The number of benzene rings is 2. The van der Waals surface area contributed by atoms with E-state index < -0.39 is 0 Å².